The van der Waals surface area contributed by atoms with Crippen molar-refractivity contribution in [3.8, 4) is 5.75 Å². The third kappa shape index (κ3) is 6.32. The second-order valence-electron chi connectivity index (χ2n) is 9.32. The molecule has 0 spiro atoms. The van der Waals surface area contributed by atoms with Gasteiger partial charge in [-0.1, -0.05) is 66.6 Å². The standard InChI is InChI=1S/C16H14BNO2.C14H13BO2S/c1-17-16-7-6-15(9-13(16)11-20-17)19-10-12-4-3-5-14(8-12)18-2;1-10-2-5-12(6-3-10)18-13-7-4-11-9-17-15(16)14(11)8-13/h3-9H,10-11H2,1H3;2-8,16H,9H2,1H3. The van der Waals surface area contributed by atoms with Crippen LogP contribution >= 0.6 is 11.8 Å². The van der Waals surface area contributed by atoms with Crippen LogP contribution in [-0.4, -0.2) is 19.1 Å². The maximum absolute atomic E-state index is 9.68. The van der Waals surface area contributed by atoms with Crippen molar-refractivity contribution in [1.29, 1.82) is 0 Å². The third-order valence-electron chi connectivity index (χ3n) is 6.52. The van der Waals surface area contributed by atoms with Crippen molar-refractivity contribution in [2.45, 2.75) is 43.4 Å². The van der Waals surface area contributed by atoms with E-state index in [9.17, 15) is 5.02 Å². The van der Waals surface area contributed by atoms with Gasteiger partial charge >= 0.3 is 14.0 Å². The van der Waals surface area contributed by atoms with Gasteiger partial charge in [0, 0.05) is 9.79 Å². The summed E-state index contributed by atoms with van der Waals surface area (Å²) in [5.41, 5.74) is 7.32. The molecular formula is C30H27B2NO4S. The minimum Gasteiger partial charge on any atom is -0.489 e. The van der Waals surface area contributed by atoms with Gasteiger partial charge in [0.05, 0.1) is 19.8 Å². The molecule has 8 heteroatoms. The molecule has 0 aliphatic carbocycles. The summed E-state index contributed by atoms with van der Waals surface area (Å²) in [5, 5.41) is 9.68. The summed E-state index contributed by atoms with van der Waals surface area (Å²) >= 11 is 1.70. The average molecular weight is 519 g/mol. The molecule has 0 atom stereocenters. The quantitative estimate of drug-likeness (QED) is 0.278. The fraction of sp³-hybridized carbons (Fsp3) is 0.167. The van der Waals surface area contributed by atoms with Crippen LogP contribution in [0.3, 0.4) is 0 Å². The van der Waals surface area contributed by atoms with E-state index in [1.807, 2.05) is 42.5 Å². The van der Waals surface area contributed by atoms with Gasteiger partial charge in [-0.15, -0.1) is 0 Å². The second-order valence-corrected chi connectivity index (χ2v) is 10.5. The molecule has 38 heavy (non-hydrogen) atoms. The Bertz CT molecular complexity index is 1470. The van der Waals surface area contributed by atoms with Gasteiger partial charge in [0.1, 0.15) is 12.4 Å². The van der Waals surface area contributed by atoms with Crippen LogP contribution in [0.25, 0.3) is 4.85 Å². The van der Waals surface area contributed by atoms with Crippen molar-refractivity contribution in [3.63, 3.8) is 0 Å². The Morgan fingerprint density at radius 2 is 1.68 bits per heavy atom. The van der Waals surface area contributed by atoms with Crippen LogP contribution in [0.4, 0.5) is 5.69 Å². The van der Waals surface area contributed by atoms with E-state index in [0.29, 0.717) is 25.5 Å². The highest BCUT2D eigenvalue weighted by Crippen LogP contribution is 2.28. The lowest BCUT2D eigenvalue weighted by Crippen LogP contribution is -2.27. The highest BCUT2D eigenvalue weighted by molar-refractivity contribution is 7.99. The van der Waals surface area contributed by atoms with E-state index in [4.69, 9.17) is 20.6 Å². The summed E-state index contributed by atoms with van der Waals surface area (Å²) in [6.07, 6.45) is 0. The summed E-state index contributed by atoms with van der Waals surface area (Å²) in [7, 11) is -0.765. The van der Waals surface area contributed by atoms with Crippen molar-refractivity contribution in [2.75, 3.05) is 0 Å². The Kier molecular flexibility index (Phi) is 8.21. The van der Waals surface area contributed by atoms with Gasteiger partial charge < -0.3 is 19.1 Å². The zero-order chi connectivity index (χ0) is 26.5. The molecule has 0 aromatic heterocycles. The molecule has 0 saturated carbocycles. The third-order valence-corrected chi connectivity index (χ3v) is 7.52. The fourth-order valence-electron chi connectivity index (χ4n) is 4.38. The molecule has 2 aliphatic heterocycles. The van der Waals surface area contributed by atoms with Crippen LogP contribution in [0.1, 0.15) is 22.3 Å². The SMILES string of the molecule is Cc1ccc(Sc2ccc3c(c2)B(O)OC3)cc1.[C-]#[N+]c1cccc(COc2ccc3c(c2)COB3C)c1. The lowest BCUT2D eigenvalue weighted by Gasteiger charge is -2.08. The molecule has 2 aliphatic rings. The molecule has 0 saturated heterocycles. The first kappa shape index (κ1) is 26.1. The van der Waals surface area contributed by atoms with Crippen LogP contribution in [0.5, 0.6) is 5.75 Å². The maximum Gasteiger partial charge on any atom is 0.491 e. The molecule has 4 aromatic carbocycles. The topological polar surface area (TPSA) is 52.3 Å². The van der Waals surface area contributed by atoms with Crippen LogP contribution in [0, 0.1) is 13.5 Å². The number of fused-ring (bicyclic) bond motifs is 2. The maximum atomic E-state index is 9.68. The molecule has 5 nitrogen and oxygen atoms in total. The van der Waals surface area contributed by atoms with Gasteiger partial charge in [-0.3, -0.25) is 0 Å². The van der Waals surface area contributed by atoms with Crippen LogP contribution in [0.2, 0.25) is 6.82 Å². The Hall–Kier alpha value is -3.47. The predicted molar refractivity (Wildman–Crippen MR) is 154 cm³/mol. The number of nitrogens with zero attached hydrogens (tertiary/aromatic N) is 1. The predicted octanol–water partition coefficient (Wildman–Crippen LogP) is 5.54. The fourth-order valence-corrected chi connectivity index (χ4v) is 5.25. The van der Waals surface area contributed by atoms with E-state index in [1.165, 1.54) is 21.5 Å². The normalized spacial score (nSPS) is 13.3. The molecule has 0 unspecified atom stereocenters. The Morgan fingerprint density at radius 1 is 0.895 bits per heavy atom. The van der Waals surface area contributed by atoms with Gasteiger partial charge in [0.15, 0.2) is 5.69 Å². The molecule has 0 bridgehead atoms. The van der Waals surface area contributed by atoms with Crippen molar-refractivity contribution in [3.05, 3.63) is 119 Å². The van der Waals surface area contributed by atoms with Crippen LogP contribution in [-0.2, 0) is 29.1 Å². The van der Waals surface area contributed by atoms with Crippen molar-refractivity contribution in [2.24, 2.45) is 0 Å². The number of aryl methyl sites for hydroxylation is 1. The Morgan fingerprint density at radius 3 is 2.50 bits per heavy atom. The number of ether oxygens (including phenoxy) is 1. The molecule has 188 valence electrons. The first-order valence-corrected chi connectivity index (χ1v) is 13.3. The van der Waals surface area contributed by atoms with Crippen molar-refractivity contribution >= 4 is 42.4 Å². The first-order valence-electron chi connectivity index (χ1n) is 12.5. The number of benzene rings is 4. The smallest absolute Gasteiger partial charge is 0.489 e. The van der Waals surface area contributed by atoms with E-state index in [0.717, 1.165) is 27.2 Å². The number of rotatable bonds is 5. The summed E-state index contributed by atoms with van der Waals surface area (Å²) in [5.74, 6) is 0.842. The van der Waals surface area contributed by atoms with E-state index in [1.54, 1.807) is 17.8 Å². The van der Waals surface area contributed by atoms with E-state index < -0.39 is 7.12 Å². The average Bonchev–Trinajstić information content (AvgIpc) is 3.51. The lowest BCUT2D eigenvalue weighted by atomic mass is 9.64. The van der Waals surface area contributed by atoms with Gasteiger partial charge in [-0.05, 0) is 77.0 Å². The van der Waals surface area contributed by atoms with Crippen LogP contribution in [0.15, 0.2) is 94.7 Å². The zero-order valence-electron chi connectivity index (χ0n) is 21.4. The van der Waals surface area contributed by atoms with Crippen molar-refractivity contribution < 1.29 is 19.1 Å². The molecule has 1 N–H and O–H groups in total. The van der Waals surface area contributed by atoms with Gasteiger partial charge in [-0.2, -0.15) is 0 Å². The van der Waals surface area contributed by atoms with E-state index >= 15 is 0 Å². The van der Waals surface area contributed by atoms with Gasteiger partial charge in [0.25, 0.3) is 0 Å². The highest BCUT2D eigenvalue weighted by atomic mass is 32.2. The molecule has 6 rings (SSSR count). The number of hydrogen-bond donors (Lipinski definition) is 1. The van der Waals surface area contributed by atoms with Gasteiger partial charge in [-0.25, -0.2) is 4.85 Å². The van der Waals surface area contributed by atoms with Crippen LogP contribution < -0.4 is 15.7 Å². The summed E-state index contributed by atoms with van der Waals surface area (Å²) in [6.45, 7) is 13.0. The highest BCUT2D eigenvalue weighted by Gasteiger charge is 2.27. The molecule has 0 fully saturated rings. The zero-order valence-corrected chi connectivity index (χ0v) is 22.2. The largest absolute Gasteiger partial charge is 0.491 e. The number of hydrogen-bond acceptors (Lipinski definition) is 5. The second kappa shape index (κ2) is 11.9. The lowest BCUT2D eigenvalue weighted by molar-refractivity contribution is 0.275. The Labute approximate surface area is 228 Å². The summed E-state index contributed by atoms with van der Waals surface area (Å²) in [4.78, 5) is 5.75. The molecule has 4 aromatic rings. The minimum absolute atomic E-state index is 0.175. The molecule has 2 heterocycles. The molecule has 0 radical (unpaired) electrons. The molecular weight excluding hydrogens is 492 g/mol. The van der Waals surface area contributed by atoms with E-state index in [2.05, 4.69) is 55.0 Å². The molecule has 0 amide bonds. The monoisotopic (exact) mass is 519 g/mol. The van der Waals surface area contributed by atoms with E-state index in [-0.39, 0.29) is 6.92 Å². The summed E-state index contributed by atoms with van der Waals surface area (Å²) < 4.78 is 16.6. The summed E-state index contributed by atoms with van der Waals surface area (Å²) in [6, 6.07) is 28.1. The Balaban J connectivity index is 0.000000156. The van der Waals surface area contributed by atoms with Crippen molar-refractivity contribution in [1.82, 2.24) is 0 Å². The van der Waals surface area contributed by atoms with Gasteiger partial charge in [0.2, 0.25) is 0 Å². The minimum atomic E-state index is -0.765. The first-order chi connectivity index (χ1) is 18.5.